The molecule has 0 saturated carbocycles. The highest BCUT2D eigenvalue weighted by atomic mass is 19.4. The van der Waals surface area contributed by atoms with Crippen LogP contribution in [0.3, 0.4) is 0 Å². The van der Waals surface area contributed by atoms with E-state index in [1.165, 1.54) is 24.3 Å². The molecular formula is C20H24F3N3O3. The van der Waals surface area contributed by atoms with Crippen molar-refractivity contribution >= 4 is 5.91 Å². The lowest BCUT2D eigenvalue weighted by molar-refractivity contribution is -0.274. The lowest BCUT2D eigenvalue weighted by Gasteiger charge is -2.34. The number of hydrogen-bond donors (Lipinski definition) is 2. The molecule has 0 aliphatic carbocycles. The van der Waals surface area contributed by atoms with Gasteiger partial charge < -0.3 is 14.7 Å². The number of nitrogens with zero attached hydrogens (tertiary/aromatic N) is 2. The van der Waals surface area contributed by atoms with Crippen LogP contribution in [-0.4, -0.2) is 51.2 Å². The molecule has 1 aliphatic heterocycles. The van der Waals surface area contributed by atoms with E-state index in [1.807, 2.05) is 0 Å². The van der Waals surface area contributed by atoms with Crippen molar-refractivity contribution in [1.29, 1.82) is 0 Å². The maximum absolute atomic E-state index is 12.7. The zero-order valence-corrected chi connectivity index (χ0v) is 16.3. The number of H-pyrrole nitrogens is 1. The van der Waals surface area contributed by atoms with Gasteiger partial charge in [0.25, 0.3) is 5.91 Å². The van der Waals surface area contributed by atoms with E-state index in [0.29, 0.717) is 25.4 Å². The summed E-state index contributed by atoms with van der Waals surface area (Å²) < 4.78 is 41.9. The number of rotatable bonds is 5. The Kier molecular flexibility index (Phi) is 5.88. The number of halogens is 3. The van der Waals surface area contributed by atoms with E-state index < -0.39 is 12.0 Å². The Morgan fingerprint density at radius 2 is 1.93 bits per heavy atom. The summed E-state index contributed by atoms with van der Waals surface area (Å²) in [7, 11) is 0. The number of carbonyl (C=O) groups excluding carboxylic acids is 1. The van der Waals surface area contributed by atoms with Crippen LogP contribution < -0.4 is 4.74 Å². The molecule has 9 heteroatoms. The van der Waals surface area contributed by atoms with Gasteiger partial charge in [0.2, 0.25) is 0 Å². The molecule has 0 radical (unpaired) electrons. The van der Waals surface area contributed by atoms with Crippen molar-refractivity contribution < 1.29 is 27.8 Å². The molecule has 2 aromatic rings. The summed E-state index contributed by atoms with van der Waals surface area (Å²) in [5, 5.41) is 16.6. The van der Waals surface area contributed by atoms with E-state index in [9.17, 15) is 23.1 Å². The lowest BCUT2D eigenvalue weighted by atomic mass is 9.86. The molecule has 1 fully saturated rings. The summed E-state index contributed by atoms with van der Waals surface area (Å²) in [5.41, 5.74) is -0.182. The Morgan fingerprint density at radius 3 is 2.55 bits per heavy atom. The molecule has 2 heterocycles. The number of likely N-dealkylation sites (tertiary alicyclic amines) is 1. The second kappa shape index (κ2) is 8.06. The minimum atomic E-state index is -4.82. The predicted octanol–water partition coefficient (Wildman–Crippen LogP) is 3.99. The summed E-state index contributed by atoms with van der Waals surface area (Å²) >= 11 is 0. The molecule has 0 atom stereocenters. The Hall–Kier alpha value is -2.55. The Morgan fingerprint density at radius 1 is 1.28 bits per heavy atom. The molecule has 3 rings (SSSR count). The molecule has 0 spiro atoms. The van der Waals surface area contributed by atoms with Gasteiger partial charge in [0.15, 0.2) is 0 Å². The molecular weight excluding hydrogens is 387 g/mol. The summed E-state index contributed by atoms with van der Waals surface area (Å²) in [5.74, 6) is -0.277. The van der Waals surface area contributed by atoms with Crippen LogP contribution in [0.1, 0.15) is 43.6 Å². The van der Waals surface area contributed by atoms with E-state index in [4.69, 9.17) is 0 Å². The third-order valence-electron chi connectivity index (χ3n) is 4.89. The van der Waals surface area contributed by atoms with Gasteiger partial charge in [-0.05, 0) is 57.2 Å². The Bertz CT molecular complexity index is 850. The first-order chi connectivity index (χ1) is 13.5. The Labute approximate surface area is 166 Å². The van der Waals surface area contributed by atoms with Gasteiger partial charge in [0.1, 0.15) is 11.4 Å². The minimum absolute atomic E-state index is 0.143. The second-order valence-electron chi connectivity index (χ2n) is 7.96. The van der Waals surface area contributed by atoms with Crippen molar-refractivity contribution in [3.63, 3.8) is 0 Å². The van der Waals surface area contributed by atoms with Crippen LogP contribution in [0.15, 0.2) is 30.3 Å². The van der Waals surface area contributed by atoms with Crippen molar-refractivity contribution in [3.8, 4) is 17.0 Å². The van der Waals surface area contributed by atoms with E-state index in [0.717, 1.165) is 12.8 Å². The first-order valence-electron chi connectivity index (χ1n) is 9.44. The molecule has 158 valence electrons. The first-order valence-corrected chi connectivity index (χ1v) is 9.44. The first kappa shape index (κ1) is 21.2. The van der Waals surface area contributed by atoms with Crippen LogP contribution in [0.2, 0.25) is 0 Å². The monoisotopic (exact) mass is 411 g/mol. The van der Waals surface area contributed by atoms with Crippen molar-refractivity contribution in [3.05, 3.63) is 36.0 Å². The van der Waals surface area contributed by atoms with Gasteiger partial charge in [0.05, 0.1) is 11.3 Å². The van der Waals surface area contributed by atoms with Crippen LogP contribution in [0.4, 0.5) is 13.2 Å². The molecule has 1 aromatic heterocycles. The number of ether oxygens (including phenoxy) is 1. The summed E-state index contributed by atoms with van der Waals surface area (Å²) in [6.07, 6.45) is -2.56. The smallest absolute Gasteiger partial charge is 0.405 e. The number of aromatic nitrogens is 2. The average Bonchev–Trinajstić information content (AvgIpc) is 3.09. The number of piperidine rings is 1. The van der Waals surface area contributed by atoms with Gasteiger partial charge in [-0.25, -0.2) is 0 Å². The number of alkyl halides is 3. The van der Waals surface area contributed by atoms with Crippen molar-refractivity contribution in [2.45, 2.75) is 45.1 Å². The molecule has 1 amide bonds. The quantitative estimate of drug-likeness (QED) is 0.780. The van der Waals surface area contributed by atoms with Gasteiger partial charge in [-0.2, -0.15) is 5.10 Å². The molecule has 0 bridgehead atoms. The minimum Gasteiger partial charge on any atom is -0.405 e. The van der Waals surface area contributed by atoms with Crippen LogP contribution >= 0.6 is 0 Å². The normalized spacial score (nSPS) is 16.1. The number of amides is 1. The zero-order valence-electron chi connectivity index (χ0n) is 16.3. The highest BCUT2D eigenvalue weighted by molar-refractivity contribution is 5.93. The third-order valence-corrected chi connectivity index (χ3v) is 4.89. The van der Waals surface area contributed by atoms with Gasteiger partial charge in [0, 0.05) is 18.7 Å². The molecule has 2 N–H and O–H groups in total. The molecule has 1 aliphatic rings. The van der Waals surface area contributed by atoms with Crippen molar-refractivity contribution in [2.75, 3.05) is 13.1 Å². The number of carbonyl (C=O) groups is 1. The highest BCUT2D eigenvalue weighted by Crippen LogP contribution is 2.33. The maximum Gasteiger partial charge on any atom is 0.573 e. The predicted molar refractivity (Wildman–Crippen MR) is 100 cm³/mol. The number of aliphatic hydroxyl groups is 1. The number of aromatic amines is 1. The fourth-order valence-corrected chi connectivity index (χ4v) is 3.68. The number of nitrogens with one attached hydrogen (secondary N) is 1. The second-order valence-corrected chi connectivity index (χ2v) is 7.96. The van der Waals surface area contributed by atoms with Crippen molar-refractivity contribution in [2.24, 2.45) is 5.92 Å². The van der Waals surface area contributed by atoms with E-state index in [-0.39, 0.29) is 28.6 Å². The molecule has 6 nitrogen and oxygen atoms in total. The summed E-state index contributed by atoms with van der Waals surface area (Å²) in [6, 6.07) is 7.09. The van der Waals surface area contributed by atoms with Crippen LogP contribution in [-0.2, 0) is 0 Å². The number of para-hydroxylation sites is 1. The van der Waals surface area contributed by atoms with E-state index >= 15 is 0 Å². The topological polar surface area (TPSA) is 78.4 Å². The molecule has 1 saturated heterocycles. The van der Waals surface area contributed by atoms with Crippen LogP contribution in [0.25, 0.3) is 11.3 Å². The summed E-state index contributed by atoms with van der Waals surface area (Å²) in [6.45, 7) is 4.66. The third kappa shape index (κ3) is 5.72. The standard InChI is InChI=1S/C20H24F3N3O3/c1-19(2,28)12-13-7-9-26(10-8-13)18(27)16-11-15(24-25-16)14-5-3-4-6-17(14)29-20(21,22)23/h3-6,11,13,28H,7-10,12H2,1-2H3,(H,24,25). The Balaban J connectivity index is 1.69. The fraction of sp³-hybridized carbons (Fsp3) is 0.500. The number of benzene rings is 1. The number of hydrogen-bond acceptors (Lipinski definition) is 4. The average molecular weight is 411 g/mol. The highest BCUT2D eigenvalue weighted by Gasteiger charge is 2.33. The summed E-state index contributed by atoms with van der Waals surface area (Å²) in [4.78, 5) is 14.4. The van der Waals surface area contributed by atoms with Crippen LogP contribution in [0, 0.1) is 5.92 Å². The molecule has 1 aromatic carbocycles. The van der Waals surface area contributed by atoms with E-state index in [2.05, 4.69) is 14.9 Å². The van der Waals surface area contributed by atoms with Gasteiger partial charge in [-0.15, -0.1) is 13.2 Å². The van der Waals surface area contributed by atoms with Gasteiger partial charge in [-0.3, -0.25) is 9.89 Å². The SMILES string of the molecule is CC(C)(O)CC1CCN(C(=O)c2cc(-c3ccccc3OC(F)(F)F)n[nH]2)CC1. The van der Waals surface area contributed by atoms with Crippen molar-refractivity contribution in [1.82, 2.24) is 15.1 Å². The molecule has 29 heavy (non-hydrogen) atoms. The van der Waals surface area contributed by atoms with Gasteiger partial charge >= 0.3 is 6.36 Å². The van der Waals surface area contributed by atoms with E-state index in [1.54, 1.807) is 24.8 Å². The zero-order chi connectivity index (χ0) is 21.2. The molecule has 0 unspecified atom stereocenters. The maximum atomic E-state index is 12.7. The largest absolute Gasteiger partial charge is 0.573 e. The fourth-order valence-electron chi connectivity index (χ4n) is 3.68. The lowest BCUT2D eigenvalue weighted by Crippen LogP contribution is -2.40. The van der Waals surface area contributed by atoms with Crippen LogP contribution in [0.5, 0.6) is 5.75 Å². The van der Waals surface area contributed by atoms with Gasteiger partial charge in [-0.1, -0.05) is 12.1 Å².